The largest absolute Gasteiger partial charge is 0.480 e. The van der Waals surface area contributed by atoms with Gasteiger partial charge >= 0.3 is 6.09 Å². The van der Waals surface area contributed by atoms with Crippen molar-refractivity contribution in [2.75, 3.05) is 13.7 Å². The lowest BCUT2D eigenvalue weighted by Gasteiger charge is -2.29. The second kappa shape index (κ2) is 7.99. The number of nitrogens with zero attached hydrogens (tertiary/aromatic N) is 3. The summed E-state index contributed by atoms with van der Waals surface area (Å²) in [7, 11) is 1.50. The number of rotatable bonds is 5. The minimum absolute atomic E-state index is 0.00449. The Bertz CT molecular complexity index is 648. The molecule has 2 rings (SSSR count). The standard InChI is InChI=1S/C16H23BrN4O4/c1-16(2,3)25-15(23)21(8-10-5-6-13(22)19-10)9-11-14(24-4)20-12(17)7-18-11/h7,10H,5-6,8-9H2,1-4H3,(H,19,22). The van der Waals surface area contributed by atoms with Crippen molar-refractivity contribution in [3.8, 4) is 5.88 Å². The fourth-order valence-corrected chi connectivity index (χ4v) is 2.70. The van der Waals surface area contributed by atoms with E-state index in [2.05, 4.69) is 31.2 Å². The van der Waals surface area contributed by atoms with Crippen molar-refractivity contribution >= 4 is 27.9 Å². The van der Waals surface area contributed by atoms with E-state index in [9.17, 15) is 9.59 Å². The van der Waals surface area contributed by atoms with E-state index in [4.69, 9.17) is 9.47 Å². The molecule has 1 saturated heterocycles. The van der Waals surface area contributed by atoms with Crippen LogP contribution in [0.3, 0.4) is 0 Å². The van der Waals surface area contributed by atoms with Gasteiger partial charge in [-0.1, -0.05) is 0 Å². The van der Waals surface area contributed by atoms with Crippen LogP contribution in [0.1, 0.15) is 39.3 Å². The number of ether oxygens (including phenoxy) is 2. The maximum absolute atomic E-state index is 12.6. The van der Waals surface area contributed by atoms with E-state index in [-0.39, 0.29) is 18.5 Å². The second-order valence-corrected chi connectivity index (χ2v) is 7.63. The Kier molecular flexibility index (Phi) is 6.21. The molecule has 0 radical (unpaired) electrons. The van der Waals surface area contributed by atoms with Gasteiger partial charge in [-0.3, -0.25) is 9.78 Å². The lowest BCUT2D eigenvalue weighted by atomic mass is 10.2. The van der Waals surface area contributed by atoms with Crippen molar-refractivity contribution in [3.63, 3.8) is 0 Å². The molecule has 1 unspecified atom stereocenters. The first-order chi connectivity index (χ1) is 11.7. The average Bonchev–Trinajstić information content (AvgIpc) is 2.91. The molecule has 1 aromatic heterocycles. The highest BCUT2D eigenvalue weighted by atomic mass is 79.9. The summed E-state index contributed by atoms with van der Waals surface area (Å²) in [5.41, 5.74) is -0.107. The van der Waals surface area contributed by atoms with Gasteiger partial charge in [-0.2, -0.15) is 0 Å². The molecule has 0 spiro atoms. The highest BCUT2D eigenvalue weighted by Crippen LogP contribution is 2.20. The number of hydrogen-bond donors (Lipinski definition) is 1. The van der Waals surface area contributed by atoms with Crippen LogP contribution in [0, 0.1) is 0 Å². The summed E-state index contributed by atoms with van der Waals surface area (Å²) in [6.45, 7) is 5.92. The van der Waals surface area contributed by atoms with E-state index in [0.717, 1.165) is 0 Å². The summed E-state index contributed by atoms with van der Waals surface area (Å²) < 4.78 is 11.3. The van der Waals surface area contributed by atoms with Crippen LogP contribution in [0.5, 0.6) is 5.88 Å². The maximum atomic E-state index is 12.6. The van der Waals surface area contributed by atoms with Gasteiger partial charge in [0.15, 0.2) is 0 Å². The summed E-state index contributed by atoms with van der Waals surface area (Å²) in [5, 5.41) is 2.86. The van der Waals surface area contributed by atoms with Crippen LogP contribution >= 0.6 is 15.9 Å². The van der Waals surface area contributed by atoms with Gasteiger partial charge in [0, 0.05) is 19.0 Å². The Morgan fingerprint density at radius 2 is 2.20 bits per heavy atom. The predicted molar refractivity (Wildman–Crippen MR) is 94.1 cm³/mol. The van der Waals surface area contributed by atoms with Gasteiger partial charge in [0.1, 0.15) is 15.9 Å². The molecule has 0 aromatic carbocycles. The third-order valence-electron chi connectivity index (χ3n) is 3.49. The zero-order valence-electron chi connectivity index (χ0n) is 14.8. The van der Waals surface area contributed by atoms with Gasteiger partial charge in [-0.25, -0.2) is 9.78 Å². The Balaban J connectivity index is 2.18. The number of methoxy groups -OCH3 is 1. The molecule has 25 heavy (non-hydrogen) atoms. The lowest BCUT2D eigenvalue weighted by molar-refractivity contribution is -0.119. The fourth-order valence-electron chi connectivity index (χ4n) is 2.44. The average molecular weight is 415 g/mol. The number of hydrogen-bond acceptors (Lipinski definition) is 6. The first kappa shape index (κ1) is 19.4. The van der Waals surface area contributed by atoms with E-state index in [0.29, 0.717) is 35.6 Å². The number of nitrogens with one attached hydrogen (secondary N) is 1. The molecule has 1 N–H and O–H groups in total. The summed E-state index contributed by atoms with van der Waals surface area (Å²) in [5.74, 6) is 0.327. The summed E-state index contributed by atoms with van der Waals surface area (Å²) >= 11 is 3.24. The van der Waals surface area contributed by atoms with E-state index in [1.54, 1.807) is 27.0 Å². The topological polar surface area (TPSA) is 93.7 Å². The van der Waals surface area contributed by atoms with Crippen LogP contribution in [0.15, 0.2) is 10.8 Å². The van der Waals surface area contributed by atoms with Crippen molar-refractivity contribution in [2.45, 2.75) is 51.8 Å². The van der Waals surface area contributed by atoms with Crippen molar-refractivity contribution in [3.05, 3.63) is 16.5 Å². The normalized spacial score (nSPS) is 17.2. The Hall–Kier alpha value is -1.90. The van der Waals surface area contributed by atoms with Crippen molar-refractivity contribution in [2.24, 2.45) is 0 Å². The molecule has 1 aromatic rings. The molecular formula is C16H23BrN4O4. The summed E-state index contributed by atoms with van der Waals surface area (Å²) in [6.07, 6.45) is 2.22. The molecule has 0 saturated carbocycles. The van der Waals surface area contributed by atoms with E-state index in [1.165, 1.54) is 12.0 Å². The molecule has 138 valence electrons. The van der Waals surface area contributed by atoms with Gasteiger partial charge < -0.3 is 19.7 Å². The molecule has 2 amide bonds. The smallest absolute Gasteiger partial charge is 0.410 e. The monoisotopic (exact) mass is 414 g/mol. The quantitative estimate of drug-likeness (QED) is 0.793. The number of carbonyl (C=O) groups excluding carboxylic acids is 2. The molecule has 0 bridgehead atoms. The van der Waals surface area contributed by atoms with E-state index in [1.807, 2.05) is 0 Å². The molecule has 1 aliphatic rings. The Morgan fingerprint density at radius 1 is 1.48 bits per heavy atom. The van der Waals surface area contributed by atoms with Crippen LogP contribution in [-0.4, -0.2) is 52.2 Å². The number of amides is 2. The third kappa shape index (κ3) is 5.84. The van der Waals surface area contributed by atoms with Gasteiger partial charge in [0.25, 0.3) is 0 Å². The zero-order chi connectivity index (χ0) is 18.6. The van der Waals surface area contributed by atoms with Crippen molar-refractivity contribution in [1.29, 1.82) is 0 Å². The first-order valence-electron chi connectivity index (χ1n) is 8.00. The van der Waals surface area contributed by atoms with E-state index < -0.39 is 11.7 Å². The van der Waals surface area contributed by atoms with Crippen LogP contribution in [-0.2, 0) is 16.1 Å². The molecular weight excluding hydrogens is 392 g/mol. The maximum Gasteiger partial charge on any atom is 0.410 e. The Labute approximate surface area is 155 Å². The predicted octanol–water partition coefficient (Wildman–Crippen LogP) is 2.26. The minimum atomic E-state index is -0.621. The molecule has 9 heteroatoms. The van der Waals surface area contributed by atoms with Crippen molar-refractivity contribution in [1.82, 2.24) is 20.2 Å². The fraction of sp³-hybridized carbons (Fsp3) is 0.625. The number of carbonyl (C=O) groups is 2. The van der Waals surface area contributed by atoms with Crippen LogP contribution in [0.2, 0.25) is 0 Å². The van der Waals surface area contributed by atoms with Crippen LogP contribution in [0.25, 0.3) is 0 Å². The molecule has 0 aliphatic carbocycles. The molecule has 1 atom stereocenters. The summed E-state index contributed by atoms with van der Waals surface area (Å²) in [6, 6.07) is -0.102. The second-order valence-electron chi connectivity index (χ2n) is 6.81. The highest BCUT2D eigenvalue weighted by Gasteiger charge is 2.29. The molecule has 8 nitrogen and oxygen atoms in total. The Morgan fingerprint density at radius 3 is 2.76 bits per heavy atom. The van der Waals surface area contributed by atoms with Gasteiger partial charge in [0.2, 0.25) is 11.8 Å². The zero-order valence-corrected chi connectivity index (χ0v) is 16.4. The summed E-state index contributed by atoms with van der Waals surface area (Å²) in [4.78, 5) is 34.0. The molecule has 1 fully saturated rings. The first-order valence-corrected chi connectivity index (χ1v) is 8.80. The molecule has 1 aliphatic heterocycles. The van der Waals surface area contributed by atoms with Crippen LogP contribution < -0.4 is 10.1 Å². The molecule has 2 heterocycles. The third-order valence-corrected chi connectivity index (χ3v) is 3.88. The van der Waals surface area contributed by atoms with E-state index >= 15 is 0 Å². The number of halogens is 1. The van der Waals surface area contributed by atoms with Crippen molar-refractivity contribution < 1.29 is 19.1 Å². The highest BCUT2D eigenvalue weighted by molar-refractivity contribution is 9.10. The minimum Gasteiger partial charge on any atom is -0.480 e. The van der Waals surface area contributed by atoms with Gasteiger partial charge in [0.05, 0.1) is 19.9 Å². The van der Waals surface area contributed by atoms with Crippen LogP contribution in [0.4, 0.5) is 4.79 Å². The van der Waals surface area contributed by atoms with Gasteiger partial charge in [-0.15, -0.1) is 0 Å². The lowest BCUT2D eigenvalue weighted by Crippen LogP contribution is -2.44. The number of aromatic nitrogens is 2. The SMILES string of the molecule is COc1nc(Br)cnc1CN(CC1CCC(=O)N1)C(=O)OC(C)(C)C. The van der Waals surface area contributed by atoms with Gasteiger partial charge in [-0.05, 0) is 43.1 Å².